The van der Waals surface area contributed by atoms with Crippen LogP contribution in [0.15, 0.2) is 71.5 Å². The highest BCUT2D eigenvalue weighted by molar-refractivity contribution is 6.32. The Labute approximate surface area is 173 Å². The van der Waals surface area contributed by atoms with E-state index in [0.29, 0.717) is 33.3 Å². The van der Waals surface area contributed by atoms with Crippen molar-refractivity contribution >= 4 is 28.5 Å². The molecule has 5 nitrogen and oxygen atoms in total. The average molecular weight is 396 g/mol. The number of ketones is 1. The number of H-pyrrole nitrogens is 1. The largest absolute Gasteiger partial charge is 0.507 e. The molecular formula is C25H20N2O3. The fourth-order valence-electron chi connectivity index (χ4n) is 3.44. The number of nitrogens with zero attached hydrogens (tertiary/aromatic N) is 1. The molecule has 0 radical (unpaired) electrons. The van der Waals surface area contributed by atoms with E-state index in [4.69, 9.17) is 0 Å². The van der Waals surface area contributed by atoms with Gasteiger partial charge in [-0.1, -0.05) is 42.5 Å². The summed E-state index contributed by atoms with van der Waals surface area (Å²) in [5.41, 5.74) is 3.56. The summed E-state index contributed by atoms with van der Waals surface area (Å²) in [5, 5.41) is 10.1. The van der Waals surface area contributed by atoms with Crippen molar-refractivity contribution in [1.29, 1.82) is 0 Å². The summed E-state index contributed by atoms with van der Waals surface area (Å²) in [6.45, 7) is 3.58. The third kappa shape index (κ3) is 3.65. The molecule has 0 aliphatic rings. The van der Waals surface area contributed by atoms with Crippen LogP contribution in [-0.2, 0) is 0 Å². The minimum Gasteiger partial charge on any atom is -0.507 e. The Morgan fingerprint density at radius 2 is 1.60 bits per heavy atom. The van der Waals surface area contributed by atoms with Crippen molar-refractivity contribution < 1.29 is 9.90 Å². The molecule has 0 aliphatic heterocycles. The number of Topliss-reactive ketones (excluding diaryl/α,β-unsaturated/α-hetero) is 1. The van der Waals surface area contributed by atoms with E-state index < -0.39 is 5.56 Å². The number of benzene rings is 3. The van der Waals surface area contributed by atoms with Gasteiger partial charge >= 0.3 is 0 Å². The van der Waals surface area contributed by atoms with Crippen molar-refractivity contribution in [2.24, 2.45) is 0 Å². The number of hydrogen-bond acceptors (Lipinski definition) is 4. The van der Waals surface area contributed by atoms with Crippen molar-refractivity contribution in [2.45, 2.75) is 13.8 Å². The summed E-state index contributed by atoms with van der Waals surface area (Å²) < 4.78 is 0. The molecule has 5 heteroatoms. The number of fused-ring (bicyclic) bond motifs is 1. The number of allylic oxidation sites excluding steroid dienone is 1. The number of aryl methyl sites for hydroxylation is 2. The first-order chi connectivity index (χ1) is 14.4. The van der Waals surface area contributed by atoms with E-state index in [1.807, 2.05) is 18.2 Å². The molecule has 30 heavy (non-hydrogen) atoms. The Bertz CT molecular complexity index is 1330. The summed E-state index contributed by atoms with van der Waals surface area (Å²) in [7, 11) is 0. The van der Waals surface area contributed by atoms with Gasteiger partial charge in [0.25, 0.3) is 5.56 Å². The van der Waals surface area contributed by atoms with Gasteiger partial charge in [0.2, 0.25) is 0 Å². The van der Waals surface area contributed by atoms with Gasteiger partial charge < -0.3 is 10.1 Å². The van der Waals surface area contributed by atoms with Gasteiger partial charge in [-0.15, -0.1) is 0 Å². The number of carbonyl (C=O) groups excluding carboxylic acids is 1. The first kappa shape index (κ1) is 19.3. The Balaban J connectivity index is 1.96. The van der Waals surface area contributed by atoms with Gasteiger partial charge in [0.1, 0.15) is 11.4 Å². The Morgan fingerprint density at radius 3 is 2.30 bits per heavy atom. The number of para-hydroxylation sites is 2. The van der Waals surface area contributed by atoms with Crippen LogP contribution in [0.4, 0.5) is 0 Å². The molecule has 1 aromatic heterocycles. The van der Waals surface area contributed by atoms with Crippen molar-refractivity contribution in [3.05, 3.63) is 105 Å². The van der Waals surface area contributed by atoms with Crippen molar-refractivity contribution in [2.75, 3.05) is 0 Å². The summed E-state index contributed by atoms with van der Waals surface area (Å²) in [5.74, 6) is -0.0861. The molecule has 0 atom stereocenters. The first-order valence-corrected chi connectivity index (χ1v) is 9.55. The number of phenols is 1. The number of aromatic hydroxyl groups is 1. The molecule has 0 aliphatic carbocycles. The van der Waals surface area contributed by atoms with Gasteiger partial charge in [0.15, 0.2) is 5.78 Å². The molecule has 0 saturated carbocycles. The fraction of sp³-hybridized carbons (Fsp3) is 0.0800. The molecule has 4 aromatic rings. The van der Waals surface area contributed by atoms with Gasteiger partial charge in [-0.2, -0.15) is 0 Å². The maximum absolute atomic E-state index is 13.4. The van der Waals surface area contributed by atoms with E-state index in [9.17, 15) is 14.7 Å². The maximum atomic E-state index is 13.4. The molecular weight excluding hydrogens is 376 g/mol. The van der Waals surface area contributed by atoms with Crippen molar-refractivity contribution in [1.82, 2.24) is 9.97 Å². The van der Waals surface area contributed by atoms with Crippen molar-refractivity contribution in [3.8, 4) is 5.75 Å². The molecule has 0 spiro atoms. The van der Waals surface area contributed by atoms with Crippen LogP contribution < -0.4 is 5.56 Å². The Hall–Kier alpha value is -3.99. The van der Waals surface area contributed by atoms with Crippen LogP contribution >= 0.6 is 0 Å². The smallest absolute Gasteiger partial charge is 0.275 e. The monoisotopic (exact) mass is 396 g/mol. The summed E-state index contributed by atoms with van der Waals surface area (Å²) in [6, 6.07) is 19.5. The number of rotatable bonds is 4. The lowest BCUT2D eigenvalue weighted by molar-refractivity contribution is 0.105. The molecule has 0 bridgehead atoms. The molecule has 0 unspecified atom stereocenters. The molecule has 4 rings (SSSR count). The Kier molecular flexibility index (Phi) is 5.02. The highest BCUT2D eigenvalue weighted by Gasteiger charge is 2.20. The first-order valence-electron chi connectivity index (χ1n) is 9.55. The maximum Gasteiger partial charge on any atom is 0.275 e. The van der Waals surface area contributed by atoms with Crippen LogP contribution in [0.5, 0.6) is 5.75 Å². The lowest BCUT2D eigenvalue weighted by Gasteiger charge is -2.10. The van der Waals surface area contributed by atoms with E-state index in [1.54, 1.807) is 68.5 Å². The average Bonchev–Trinajstić information content (AvgIpc) is 2.75. The van der Waals surface area contributed by atoms with Crippen molar-refractivity contribution in [3.63, 3.8) is 0 Å². The molecule has 3 aromatic carbocycles. The van der Waals surface area contributed by atoms with Crippen LogP contribution in [0, 0.1) is 13.8 Å². The normalized spacial score (nSPS) is 11.6. The van der Waals surface area contributed by atoms with E-state index >= 15 is 0 Å². The predicted octanol–water partition coefficient (Wildman–Crippen LogP) is 4.67. The van der Waals surface area contributed by atoms with Gasteiger partial charge in [0, 0.05) is 5.56 Å². The lowest BCUT2D eigenvalue weighted by atomic mass is 9.96. The van der Waals surface area contributed by atoms with Gasteiger partial charge in [-0.05, 0) is 60.9 Å². The summed E-state index contributed by atoms with van der Waals surface area (Å²) in [6.07, 6.45) is 1.65. The van der Waals surface area contributed by atoms with Crippen LogP contribution in [0.3, 0.4) is 0 Å². The topological polar surface area (TPSA) is 83.0 Å². The highest BCUT2D eigenvalue weighted by atomic mass is 16.3. The Morgan fingerprint density at radius 1 is 0.967 bits per heavy atom. The van der Waals surface area contributed by atoms with E-state index in [0.717, 1.165) is 0 Å². The zero-order valence-electron chi connectivity index (χ0n) is 16.6. The van der Waals surface area contributed by atoms with Crippen LogP contribution in [0.1, 0.15) is 32.7 Å². The zero-order valence-corrected chi connectivity index (χ0v) is 16.6. The number of aromatic amines is 1. The quantitative estimate of drug-likeness (QED) is 0.388. The van der Waals surface area contributed by atoms with Crippen LogP contribution in [0.2, 0.25) is 0 Å². The minimum absolute atomic E-state index is 0.0611. The second-order valence-electron chi connectivity index (χ2n) is 7.19. The van der Waals surface area contributed by atoms with E-state index in [-0.39, 0.29) is 22.8 Å². The third-order valence-corrected chi connectivity index (χ3v) is 4.96. The van der Waals surface area contributed by atoms with Gasteiger partial charge in [-0.3, -0.25) is 9.59 Å². The standard InChI is InChI=1S/C25H20N2O3/c1-15-12-17(13-16(2)23(15)28)14-19(24(29)18-8-4-3-5-9-18)22-25(30)27-21-11-7-6-10-20(21)26-22/h3-14,28H,1-2H3,(H,27,30)/b19-14-. The number of phenolic OH excluding ortho intramolecular Hbond substituents is 1. The number of aromatic nitrogens is 2. The van der Waals surface area contributed by atoms with Gasteiger partial charge in [0.05, 0.1) is 16.6 Å². The van der Waals surface area contributed by atoms with Gasteiger partial charge in [-0.25, -0.2) is 4.98 Å². The van der Waals surface area contributed by atoms with E-state index in [1.165, 1.54) is 0 Å². The summed E-state index contributed by atoms with van der Waals surface area (Å²) in [4.78, 5) is 33.5. The number of nitrogens with one attached hydrogen (secondary N) is 1. The minimum atomic E-state index is -0.434. The molecule has 1 heterocycles. The van der Waals surface area contributed by atoms with E-state index in [2.05, 4.69) is 9.97 Å². The second kappa shape index (κ2) is 7.79. The molecule has 0 saturated heterocycles. The second-order valence-corrected chi connectivity index (χ2v) is 7.19. The fourth-order valence-corrected chi connectivity index (χ4v) is 3.44. The lowest BCUT2D eigenvalue weighted by Crippen LogP contribution is -2.18. The number of hydrogen-bond donors (Lipinski definition) is 2. The number of carbonyl (C=O) groups is 1. The van der Waals surface area contributed by atoms with Crippen LogP contribution in [0.25, 0.3) is 22.7 Å². The molecule has 0 amide bonds. The predicted molar refractivity (Wildman–Crippen MR) is 119 cm³/mol. The SMILES string of the molecule is Cc1cc(/C=C(\C(=O)c2ccccc2)c2nc3ccccc3[nH]c2=O)cc(C)c1O. The third-order valence-electron chi connectivity index (χ3n) is 4.96. The molecule has 2 N–H and O–H groups in total. The zero-order chi connectivity index (χ0) is 21.3. The molecule has 0 fully saturated rings. The highest BCUT2D eigenvalue weighted by Crippen LogP contribution is 2.27. The summed E-state index contributed by atoms with van der Waals surface area (Å²) >= 11 is 0. The molecule has 148 valence electrons. The van der Waals surface area contributed by atoms with Crippen LogP contribution in [-0.4, -0.2) is 20.9 Å².